The summed E-state index contributed by atoms with van der Waals surface area (Å²) in [4.78, 5) is 24.6. The molecule has 1 N–H and O–H groups in total. The molecule has 0 aliphatic heterocycles. The molecule has 8 heteroatoms. The highest BCUT2D eigenvalue weighted by molar-refractivity contribution is 5.83. The number of nitrogens with one attached hydrogen (secondary N) is 1. The lowest BCUT2D eigenvalue weighted by molar-refractivity contribution is -0.385. The summed E-state index contributed by atoms with van der Waals surface area (Å²) in [6, 6.07) is 13.8. The largest absolute Gasteiger partial charge is 0.477 e. The molecule has 0 saturated heterocycles. The number of rotatable bonds is 11. The quantitative estimate of drug-likeness (QED) is 0.353. The Hall–Kier alpha value is -3.42. The van der Waals surface area contributed by atoms with E-state index in [1.54, 1.807) is 6.07 Å². The normalized spacial score (nSPS) is 10.7. The zero-order chi connectivity index (χ0) is 21.1. The zero-order valence-electron chi connectivity index (χ0n) is 16.7. The minimum atomic E-state index is -0.558. The summed E-state index contributed by atoms with van der Waals surface area (Å²) in [7, 11) is 0. The SMILES string of the molecule is CCCN(CCC)c1ccc(/C=N/NC(=O)COc2ccccc2[N+](=O)[O-])cc1. The number of nitrogens with zero attached hydrogens (tertiary/aromatic N) is 3. The number of hydrogen-bond donors (Lipinski definition) is 1. The molecule has 1 amide bonds. The molecule has 0 unspecified atom stereocenters. The maximum Gasteiger partial charge on any atom is 0.310 e. The predicted molar refractivity (Wildman–Crippen MR) is 114 cm³/mol. The monoisotopic (exact) mass is 398 g/mol. The molecule has 0 atom stereocenters. The highest BCUT2D eigenvalue weighted by Crippen LogP contribution is 2.25. The third kappa shape index (κ3) is 6.91. The number of anilines is 1. The average Bonchev–Trinajstić information content (AvgIpc) is 2.73. The van der Waals surface area contributed by atoms with Gasteiger partial charge in [0, 0.05) is 24.8 Å². The first-order chi connectivity index (χ1) is 14.0. The molecular weight excluding hydrogens is 372 g/mol. The Kier molecular flexibility index (Phi) is 8.62. The van der Waals surface area contributed by atoms with E-state index in [-0.39, 0.29) is 18.0 Å². The first-order valence-electron chi connectivity index (χ1n) is 9.58. The molecule has 0 spiro atoms. The van der Waals surface area contributed by atoms with Crippen molar-refractivity contribution >= 4 is 23.5 Å². The number of nitro groups is 1. The van der Waals surface area contributed by atoms with Crippen LogP contribution < -0.4 is 15.1 Å². The van der Waals surface area contributed by atoms with E-state index in [1.165, 1.54) is 24.4 Å². The Balaban J connectivity index is 1.86. The number of nitro benzene ring substituents is 1. The van der Waals surface area contributed by atoms with Crippen LogP contribution in [0.5, 0.6) is 5.75 Å². The molecule has 29 heavy (non-hydrogen) atoms. The fourth-order valence-corrected chi connectivity index (χ4v) is 2.77. The second-order valence-corrected chi connectivity index (χ2v) is 6.39. The standard InChI is InChI=1S/C21H26N4O4/c1-3-13-24(14-4-2)18-11-9-17(10-12-18)15-22-23-21(26)16-29-20-8-6-5-7-19(20)25(27)28/h5-12,15H,3-4,13-14,16H2,1-2H3,(H,23,26)/b22-15+. The Labute approximate surface area is 170 Å². The molecule has 0 aromatic heterocycles. The topological polar surface area (TPSA) is 97.1 Å². The summed E-state index contributed by atoms with van der Waals surface area (Å²) in [5.74, 6) is -0.469. The third-order valence-electron chi connectivity index (χ3n) is 4.07. The van der Waals surface area contributed by atoms with E-state index >= 15 is 0 Å². The van der Waals surface area contributed by atoms with Gasteiger partial charge in [0.25, 0.3) is 5.91 Å². The molecule has 2 rings (SSSR count). The van der Waals surface area contributed by atoms with Gasteiger partial charge in [0.1, 0.15) is 0 Å². The molecule has 0 aliphatic carbocycles. The maximum atomic E-state index is 11.8. The van der Waals surface area contributed by atoms with Crippen molar-refractivity contribution in [1.82, 2.24) is 5.43 Å². The van der Waals surface area contributed by atoms with Gasteiger partial charge in [-0.05, 0) is 36.6 Å². The lowest BCUT2D eigenvalue weighted by Gasteiger charge is -2.23. The van der Waals surface area contributed by atoms with Gasteiger partial charge in [-0.15, -0.1) is 0 Å². The van der Waals surface area contributed by atoms with Gasteiger partial charge in [-0.25, -0.2) is 5.43 Å². The average molecular weight is 398 g/mol. The van der Waals surface area contributed by atoms with E-state index in [9.17, 15) is 14.9 Å². The highest BCUT2D eigenvalue weighted by atomic mass is 16.6. The Morgan fingerprint density at radius 2 is 1.79 bits per heavy atom. The summed E-state index contributed by atoms with van der Waals surface area (Å²) in [6.07, 6.45) is 3.71. The number of amides is 1. The molecule has 0 saturated carbocycles. The fourth-order valence-electron chi connectivity index (χ4n) is 2.77. The van der Waals surface area contributed by atoms with Crippen LogP contribution in [0.4, 0.5) is 11.4 Å². The number of hydrogen-bond acceptors (Lipinski definition) is 6. The Bertz CT molecular complexity index is 831. The zero-order valence-corrected chi connectivity index (χ0v) is 16.7. The summed E-state index contributed by atoms with van der Waals surface area (Å²) >= 11 is 0. The molecular formula is C21H26N4O4. The lowest BCUT2D eigenvalue weighted by atomic mass is 10.2. The minimum absolute atomic E-state index is 0.0379. The van der Waals surface area contributed by atoms with Gasteiger partial charge >= 0.3 is 5.69 Å². The maximum absolute atomic E-state index is 11.8. The molecule has 154 valence electrons. The summed E-state index contributed by atoms with van der Waals surface area (Å²) in [5.41, 5.74) is 4.17. The van der Waals surface area contributed by atoms with Crippen molar-refractivity contribution in [3.8, 4) is 5.75 Å². The molecule has 8 nitrogen and oxygen atoms in total. The van der Waals surface area contributed by atoms with Crippen LogP contribution in [-0.2, 0) is 4.79 Å². The summed E-state index contributed by atoms with van der Waals surface area (Å²) < 4.78 is 5.22. The number of carbonyl (C=O) groups excluding carboxylic acids is 1. The van der Waals surface area contributed by atoms with Crippen molar-refractivity contribution in [2.45, 2.75) is 26.7 Å². The first kappa shape index (κ1) is 21.9. The van der Waals surface area contributed by atoms with Gasteiger partial charge in [-0.2, -0.15) is 5.10 Å². The lowest BCUT2D eigenvalue weighted by Crippen LogP contribution is -2.25. The first-order valence-corrected chi connectivity index (χ1v) is 9.58. The Morgan fingerprint density at radius 1 is 1.14 bits per heavy atom. The van der Waals surface area contributed by atoms with E-state index in [4.69, 9.17) is 4.74 Å². The van der Waals surface area contributed by atoms with E-state index in [0.717, 1.165) is 37.2 Å². The van der Waals surface area contributed by atoms with Crippen molar-refractivity contribution in [2.24, 2.45) is 5.10 Å². The Morgan fingerprint density at radius 3 is 2.41 bits per heavy atom. The number of benzene rings is 2. The summed E-state index contributed by atoms with van der Waals surface area (Å²) in [5, 5.41) is 14.8. The van der Waals surface area contributed by atoms with Gasteiger partial charge in [0.05, 0.1) is 11.1 Å². The highest BCUT2D eigenvalue weighted by Gasteiger charge is 2.14. The van der Waals surface area contributed by atoms with E-state index in [2.05, 4.69) is 29.3 Å². The van der Waals surface area contributed by atoms with Crippen LogP contribution in [0, 0.1) is 10.1 Å². The van der Waals surface area contributed by atoms with Gasteiger partial charge in [-0.1, -0.05) is 38.1 Å². The molecule has 0 heterocycles. The van der Waals surface area contributed by atoms with E-state index in [1.807, 2.05) is 24.3 Å². The van der Waals surface area contributed by atoms with Crippen molar-refractivity contribution in [1.29, 1.82) is 0 Å². The second kappa shape index (κ2) is 11.4. The molecule has 0 fully saturated rings. The number of para-hydroxylation sites is 2. The second-order valence-electron chi connectivity index (χ2n) is 6.39. The van der Waals surface area contributed by atoms with Crippen LogP contribution in [0.25, 0.3) is 0 Å². The van der Waals surface area contributed by atoms with Crippen LogP contribution in [0.1, 0.15) is 32.3 Å². The van der Waals surface area contributed by atoms with Crippen LogP contribution in [0.3, 0.4) is 0 Å². The number of carbonyl (C=O) groups is 1. The molecule has 0 radical (unpaired) electrons. The van der Waals surface area contributed by atoms with Crippen LogP contribution in [-0.4, -0.2) is 36.7 Å². The van der Waals surface area contributed by atoms with Crippen molar-refractivity contribution in [3.63, 3.8) is 0 Å². The van der Waals surface area contributed by atoms with Gasteiger partial charge in [-0.3, -0.25) is 14.9 Å². The van der Waals surface area contributed by atoms with Crippen LogP contribution in [0.15, 0.2) is 53.6 Å². The van der Waals surface area contributed by atoms with Crippen molar-refractivity contribution < 1.29 is 14.5 Å². The van der Waals surface area contributed by atoms with Crippen molar-refractivity contribution in [3.05, 3.63) is 64.2 Å². The van der Waals surface area contributed by atoms with Crippen molar-refractivity contribution in [2.75, 3.05) is 24.6 Å². The fraction of sp³-hybridized carbons (Fsp3) is 0.333. The van der Waals surface area contributed by atoms with E-state index < -0.39 is 10.8 Å². The number of ether oxygens (including phenoxy) is 1. The van der Waals surface area contributed by atoms with Gasteiger partial charge < -0.3 is 9.64 Å². The minimum Gasteiger partial charge on any atom is -0.477 e. The third-order valence-corrected chi connectivity index (χ3v) is 4.07. The predicted octanol–water partition coefficient (Wildman–Crippen LogP) is 3.75. The summed E-state index contributed by atoms with van der Waals surface area (Å²) in [6.45, 7) is 5.97. The van der Waals surface area contributed by atoms with Crippen LogP contribution in [0.2, 0.25) is 0 Å². The van der Waals surface area contributed by atoms with Gasteiger partial charge in [0.15, 0.2) is 12.4 Å². The smallest absolute Gasteiger partial charge is 0.310 e. The number of hydrazone groups is 1. The van der Waals surface area contributed by atoms with E-state index in [0.29, 0.717) is 0 Å². The molecule has 2 aromatic rings. The molecule has 0 bridgehead atoms. The van der Waals surface area contributed by atoms with Gasteiger partial charge in [0.2, 0.25) is 0 Å². The molecule has 2 aromatic carbocycles. The molecule has 0 aliphatic rings. The van der Waals surface area contributed by atoms with Crippen LogP contribution >= 0.6 is 0 Å².